The van der Waals surface area contributed by atoms with Crippen molar-refractivity contribution in [3.05, 3.63) is 68.6 Å². The van der Waals surface area contributed by atoms with Crippen molar-refractivity contribution in [2.45, 2.75) is 13.3 Å². The fraction of sp³-hybridized carbons (Fsp3) is 0.0952. The molecular formula is C21H16Br2N2O4. The lowest BCUT2D eigenvalue weighted by Crippen LogP contribution is -2.29. The number of hydrogen-bond donors (Lipinski definition) is 3. The van der Waals surface area contributed by atoms with E-state index in [4.69, 9.17) is 0 Å². The van der Waals surface area contributed by atoms with Gasteiger partial charge in [-0.25, -0.2) is 5.43 Å². The molecule has 0 spiro atoms. The molecule has 0 saturated heterocycles. The summed E-state index contributed by atoms with van der Waals surface area (Å²) >= 11 is 6.25. The van der Waals surface area contributed by atoms with E-state index in [1.165, 1.54) is 6.07 Å². The number of carbonyl (C=O) groups excluding carboxylic acids is 2. The molecule has 0 radical (unpaired) electrons. The average Bonchev–Trinajstić information content (AvgIpc) is 2.72. The number of halogens is 2. The zero-order chi connectivity index (χ0) is 21.1. The second-order valence-corrected chi connectivity index (χ2v) is 7.98. The molecule has 0 heterocycles. The van der Waals surface area contributed by atoms with Gasteiger partial charge >= 0.3 is 5.91 Å². The van der Waals surface area contributed by atoms with E-state index >= 15 is 0 Å². The SMILES string of the molecule is C/C(=N/NC(=O)C(=O)Cc1ccc2ccccc2c1)c1cc(Br)c(O)c(Br)c1O. The van der Waals surface area contributed by atoms with Gasteiger partial charge in [0.05, 0.1) is 10.2 Å². The van der Waals surface area contributed by atoms with Crippen LogP contribution in [0, 0.1) is 0 Å². The largest absolute Gasteiger partial charge is 0.506 e. The first-order valence-electron chi connectivity index (χ1n) is 8.53. The minimum atomic E-state index is -0.853. The average molecular weight is 520 g/mol. The van der Waals surface area contributed by atoms with Crippen LogP contribution in [0.3, 0.4) is 0 Å². The molecule has 0 fully saturated rings. The van der Waals surface area contributed by atoms with Crippen LogP contribution >= 0.6 is 31.9 Å². The van der Waals surface area contributed by atoms with Crippen LogP contribution in [0.4, 0.5) is 0 Å². The van der Waals surface area contributed by atoms with Crippen molar-refractivity contribution in [3.8, 4) is 11.5 Å². The Morgan fingerprint density at radius 1 is 1.00 bits per heavy atom. The first kappa shape index (κ1) is 21.0. The first-order valence-corrected chi connectivity index (χ1v) is 10.1. The van der Waals surface area contributed by atoms with Crippen LogP contribution in [-0.2, 0) is 16.0 Å². The molecule has 3 aromatic rings. The topological polar surface area (TPSA) is 99.0 Å². The molecule has 3 rings (SSSR count). The van der Waals surface area contributed by atoms with Crippen LogP contribution in [0.1, 0.15) is 18.1 Å². The second kappa shape index (κ2) is 8.75. The summed E-state index contributed by atoms with van der Waals surface area (Å²) in [4.78, 5) is 24.4. The highest BCUT2D eigenvalue weighted by Crippen LogP contribution is 2.41. The van der Waals surface area contributed by atoms with Crippen LogP contribution in [0.25, 0.3) is 10.8 Å². The third-order valence-electron chi connectivity index (χ3n) is 4.31. The molecule has 0 aliphatic heterocycles. The van der Waals surface area contributed by atoms with E-state index in [9.17, 15) is 19.8 Å². The van der Waals surface area contributed by atoms with Crippen molar-refractivity contribution in [3.63, 3.8) is 0 Å². The molecular weight excluding hydrogens is 504 g/mol. The van der Waals surface area contributed by atoms with Crippen LogP contribution in [0.5, 0.6) is 11.5 Å². The maximum atomic E-state index is 12.2. The summed E-state index contributed by atoms with van der Waals surface area (Å²) in [6, 6.07) is 14.8. The first-order chi connectivity index (χ1) is 13.8. The van der Waals surface area contributed by atoms with Gasteiger partial charge in [-0.1, -0.05) is 42.5 Å². The molecule has 3 N–H and O–H groups in total. The maximum Gasteiger partial charge on any atom is 0.307 e. The van der Waals surface area contributed by atoms with E-state index in [1.807, 2.05) is 42.5 Å². The summed E-state index contributed by atoms with van der Waals surface area (Å²) in [5.41, 5.74) is 3.49. The third-order valence-corrected chi connectivity index (χ3v) is 5.67. The molecule has 1 amide bonds. The Hall–Kier alpha value is -2.71. The number of aromatic hydroxyl groups is 2. The van der Waals surface area contributed by atoms with Crippen molar-refractivity contribution in [2.75, 3.05) is 0 Å². The molecule has 0 unspecified atom stereocenters. The Morgan fingerprint density at radius 2 is 1.69 bits per heavy atom. The number of benzene rings is 3. The summed E-state index contributed by atoms with van der Waals surface area (Å²) in [7, 11) is 0. The van der Waals surface area contributed by atoms with Crippen molar-refractivity contribution < 1.29 is 19.8 Å². The Balaban J connectivity index is 1.71. The molecule has 6 nitrogen and oxygen atoms in total. The number of carbonyl (C=O) groups is 2. The molecule has 8 heteroatoms. The van der Waals surface area contributed by atoms with Crippen molar-refractivity contribution in [1.82, 2.24) is 5.43 Å². The molecule has 0 aliphatic carbocycles. The third kappa shape index (κ3) is 4.65. The summed E-state index contributed by atoms with van der Waals surface area (Å²) in [6.07, 6.45) is -0.0488. The molecule has 29 heavy (non-hydrogen) atoms. The number of phenolic OH excluding ortho intramolecular Hbond substituents is 2. The lowest BCUT2D eigenvalue weighted by Gasteiger charge is -2.09. The zero-order valence-electron chi connectivity index (χ0n) is 15.2. The van der Waals surface area contributed by atoms with E-state index in [0.717, 1.165) is 16.3 Å². The van der Waals surface area contributed by atoms with Gasteiger partial charge < -0.3 is 10.2 Å². The number of amides is 1. The maximum absolute atomic E-state index is 12.2. The highest BCUT2D eigenvalue weighted by Gasteiger charge is 2.17. The van der Waals surface area contributed by atoms with Gasteiger partial charge in [0, 0.05) is 12.0 Å². The lowest BCUT2D eigenvalue weighted by molar-refractivity contribution is -0.137. The molecule has 0 bridgehead atoms. The highest BCUT2D eigenvalue weighted by atomic mass is 79.9. The van der Waals surface area contributed by atoms with Crippen LogP contribution in [0.2, 0.25) is 0 Å². The molecule has 3 aromatic carbocycles. The number of phenols is 2. The van der Waals surface area contributed by atoms with Crippen molar-refractivity contribution >= 4 is 60.0 Å². The number of rotatable bonds is 5. The van der Waals surface area contributed by atoms with E-state index in [1.54, 1.807) is 6.92 Å². The van der Waals surface area contributed by atoms with Gasteiger partial charge in [0.1, 0.15) is 16.0 Å². The predicted octanol–water partition coefficient (Wildman–Crippen LogP) is 4.43. The minimum absolute atomic E-state index is 0.0488. The predicted molar refractivity (Wildman–Crippen MR) is 118 cm³/mol. The summed E-state index contributed by atoms with van der Waals surface area (Å²) in [5.74, 6) is -1.87. The summed E-state index contributed by atoms with van der Waals surface area (Å²) in [5, 5.41) is 25.9. The van der Waals surface area contributed by atoms with Gasteiger partial charge in [-0.3, -0.25) is 9.59 Å². The number of Topliss-reactive ketones (excluding diaryl/α,β-unsaturated/α-hetero) is 1. The van der Waals surface area contributed by atoms with Gasteiger partial charge in [0.15, 0.2) is 0 Å². The highest BCUT2D eigenvalue weighted by molar-refractivity contribution is 9.11. The number of ketones is 1. The number of nitrogens with zero attached hydrogens (tertiary/aromatic N) is 1. The summed E-state index contributed by atoms with van der Waals surface area (Å²) in [6.45, 7) is 1.55. The van der Waals surface area contributed by atoms with Crippen LogP contribution < -0.4 is 5.43 Å². The van der Waals surface area contributed by atoms with Gasteiger partial charge in [-0.2, -0.15) is 5.10 Å². The minimum Gasteiger partial charge on any atom is -0.506 e. The Morgan fingerprint density at radius 3 is 2.41 bits per heavy atom. The quantitative estimate of drug-likeness (QED) is 0.264. The standard InChI is InChI=1S/C21H16Br2N2O4/c1-11(15-10-16(22)20(28)18(23)19(15)27)24-25-21(29)17(26)9-12-6-7-13-4-2-3-5-14(13)8-12/h2-8,10,27-28H,9H2,1H3,(H,25,29)/b24-11-. The fourth-order valence-electron chi connectivity index (χ4n) is 2.75. The lowest BCUT2D eigenvalue weighted by atomic mass is 10.0. The van der Waals surface area contributed by atoms with Crippen LogP contribution in [0.15, 0.2) is 62.6 Å². The number of fused-ring (bicyclic) bond motifs is 1. The van der Waals surface area contributed by atoms with E-state index in [-0.39, 0.29) is 33.7 Å². The van der Waals surface area contributed by atoms with Gasteiger partial charge in [0.25, 0.3) is 0 Å². The Kier molecular flexibility index (Phi) is 6.34. The Labute approximate surface area is 183 Å². The number of hydrazone groups is 1. The van der Waals surface area contributed by atoms with E-state index < -0.39 is 11.7 Å². The summed E-state index contributed by atoms with van der Waals surface area (Å²) < 4.78 is 0.431. The molecule has 148 valence electrons. The number of hydrogen-bond acceptors (Lipinski definition) is 5. The molecule has 0 aromatic heterocycles. The van der Waals surface area contributed by atoms with Gasteiger partial charge in [-0.15, -0.1) is 0 Å². The monoisotopic (exact) mass is 518 g/mol. The van der Waals surface area contributed by atoms with Crippen molar-refractivity contribution in [2.24, 2.45) is 5.10 Å². The molecule has 0 saturated carbocycles. The smallest absolute Gasteiger partial charge is 0.307 e. The van der Waals surface area contributed by atoms with E-state index in [0.29, 0.717) is 4.47 Å². The van der Waals surface area contributed by atoms with E-state index in [2.05, 4.69) is 42.4 Å². The number of nitrogens with one attached hydrogen (secondary N) is 1. The Bertz CT molecular complexity index is 1160. The molecule has 0 atom stereocenters. The van der Waals surface area contributed by atoms with Crippen molar-refractivity contribution in [1.29, 1.82) is 0 Å². The normalized spacial score (nSPS) is 11.5. The molecule has 0 aliphatic rings. The van der Waals surface area contributed by atoms with Gasteiger partial charge in [0.2, 0.25) is 5.78 Å². The second-order valence-electron chi connectivity index (χ2n) is 6.34. The fourth-order valence-corrected chi connectivity index (χ4v) is 3.87. The zero-order valence-corrected chi connectivity index (χ0v) is 18.4. The van der Waals surface area contributed by atoms with Crippen LogP contribution in [-0.4, -0.2) is 27.6 Å². The van der Waals surface area contributed by atoms with Gasteiger partial charge in [-0.05, 0) is 61.2 Å².